The van der Waals surface area contributed by atoms with Crippen molar-refractivity contribution in [2.75, 3.05) is 17.7 Å². The van der Waals surface area contributed by atoms with Gasteiger partial charge in [-0.05, 0) is 44.2 Å². The monoisotopic (exact) mass is 381 g/mol. The van der Waals surface area contributed by atoms with E-state index in [1.807, 2.05) is 36.6 Å². The molecule has 0 saturated carbocycles. The highest BCUT2D eigenvalue weighted by Gasteiger charge is 2.18. The van der Waals surface area contributed by atoms with E-state index in [2.05, 4.69) is 10.6 Å². The average molecular weight is 381 g/mol. The molecule has 2 amide bonds. The lowest BCUT2D eigenvalue weighted by Crippen LogP contribution is -2.16. The minimum absolute atomic E-state index is 0.225. The van der Waals surface area contributed by atoms with Crippen LogP contribution >= 0.6 is 0 Å². The summed E-state index contributed by atoms with van der Waals surface area (Å²) in [6, 6.07) is 10.7. The summed E-state index contributed by atoms with van der Waals surface area (Å²) in [5.41, 5.74) is 3.31. The van der Waals surface area contributed by atoms with Crippen LogP contribution < -0.4 is 15.4 Å². The van der Waals surface area contributed by atoms with E-state index in [9.17, 15) is 9.59 Å². The number of aromatic nitrogens is 1. The summed E-state index contributed by atoms with van der Waals surface area (Å²) in [5.74, 6) is 0.901. The molecule has 7 nitrogen and oxygen atoms in total. The van der Waals surface area contributed by atoms with Gasteiger partial charge in [0.1, 0.15) is 11.5 Å². The number of benzene rings is 1. The van der Waals surface area contributed by atoms with Crippen molar-refractivity contribution in [1.29, 1.82) is 0 Å². The lowest BCUT2D eigenvalue weighted by Gasteiger charge is -2.13. The number of methoxy groups -OCH3 is 1. The molecular weight excluding hydrogens is 358 g/mol. The molecule has 3 aromatic rings. The highest BCUT2D eigenvalue weighted by atomic mass is 16.5. The summed E-state index contributed by atoms with van der Waals surface area (Å²) < 4.78 is 12.7. The molecule has 0 bridgehead atoms. The molecule has 0 saturated heterocycles. The molecular formula is C21H23N3O4. The molecule has 0 aliphatic rings. The van der Waals surface area contributed by atoms with Gasteiger partial charge in [0, 0.05) is 24.4 Å². The van der Waals surface area contributed by atoms with Crippen molar-refractivity contribution in [3.63, 3.8) is 0 Å². The highest BCUT2D eigenvalue weighted by Crippen LogP contribution is 2.28. The lowest BCUT2D eigenvalue weighted by molar-refractivity contribution is -0.114. The van der Waals surface area contributed by atoms with E-state index in [1.54, 1.807) is 31.6 Å². The largest absolute Gasteiger partial charge is 0.497 e. The Bertz CT molecular complexity index is 1000. The number of anilines is 2. The van der Waals surface area contributed by atoms with Crippen molar-refractivity contribution in [1.82, 2.24) is 4.57 Å². The summed E-state index contributed by atoms with van der Waals surface area (Å²) in [6.07, 6.45) is 1.63. The molecule has 7 heteroatoms. The minimum Gasteiger partial charge on any atom is -0.497 e. The molecule has 0 atom stereocenters. The van der Waals surface area contributed by atoms with Crippen molar-refractivity contribution >= 4 is 23.2 Å². The third-order valence-electron chi connectivity index (χ3n) is 4.50. The summed E-state index contributed by atoms with van der Waals surface area (Å²) in [4.78, 5) is 24.4. The Balaban J connectivity index is 1.88. The van der Waals surface area contributed by atoms with E-state index in [0.29, 0.717) is 29.2 Å². The third kappa shape index (κ3) is 4.09. The summed E-state index contributed by atoms with van der Waals surface area (Å²) in [7, 11) is 1.54. The van der Waals surface area contributed by atoms with Gasteiger partial charge >= 0.3 is 0 Å². The van der Waals surface area contributed by atoms with Crippen LogP contribution in [0.25, 0.3) is 0 Å². The highest BCUT2D eigenvalue weighted by molar-refractivity contribution is 6.08. The van der Waals surface area contributed by atoms with Gasteiger partial charge in [0.15, 0.2) is 0 Å². The van der Waals surface area contributed by atoms with Crippen LogP contribution in [0.15, 0.2) is 47.1 Å². The summed E-state index contributed by atoms with van der Waals surface area (Å²) in [6.45, 7) is 5.80. The molecule has 0 unspecified atom stereocenters. The second-order valence-corrected chi connectivity index (χ2v) is 6.50. The SMILES string of the molecule is COc1ccc(NC(C)=O)c(NC(=O)c2cc(C)n(Cc3ccco3)c2C)c1. The van der Waals surface area contributed by atoms with Gasteiger partial charge in [-0.25, -0.2) is 0 Å². The molecule has 0 spiro atoms. The molecule has 0 aliphatic carbocycles. The van der Waals surface area contributed by atoms with Crippen LogP contribution in [0.3, 0.4) is 0 Å². The molecule has 0 aliphatic heterocycles. The maximum atomic E-state index is 12.9. The molecule has 2 aromatic heterocycles. The fourth-order valence-corrected chi connectivity index (χ4v) is 3.07. The molecule has 28 heavy (non-hydrogen) atoms. The van der Waals surface area contributed by atoms with Gasteiger partial charge in [-0.15, -0.1) is 0 Å². The number of hydrogen-bond acceptors (Lipinski definition) is 4. The third-order valence-corrected chi connectivity index (χ3v) is 4.50. The fourth-order valence-electron chi connectivity index (χ4n) is 3.07. The normalized spacial score (nSPS) is 10.6. The van der Waals surface area contributed by atoms with Crippen molar-refractivity contribution in [2.24, 2.45) is 0 Å². The number of carbonyl (C=O) groups is 2. The van der Waals surface area contributed by atoms with Crippen molar-refractivity contribution in [3.8, 4) is 5.75 Å². The van der Waals surface area contributed by atoms with Crippen LogP contribution in [0.2, 0.25) is 0 Å². The van der Waals surface area contributed by atoms with Crippen LogP contribution in [-0.2, 0) is 11.3 Å². The number of rotatable bonds is 6. The smallest absolute Gasteiger partial charge is 0.257 e. The first-order valence-corrected chi connectivity index (χ1v) is 8.85. The van der Waals surface area contributed by atoms with Crippen LogP contribution in [-0.4, -0.2) is 23.5 Å². The van der Waals surface area contributed by atoms with Gasteiger partial charge in [0.2, 0.25) is 5.91 Å². The first kappa shape index (κ1) is 19.3. The maximum Gasteiger partial charge on any atom is 0.257 e. The molecule has 0 fully saturated rings. The van der Waals surface area contributed by atoms with Crippen LogP contribution in [0.1, 0.15) is 34.4 Å². The number of nitrogens with one attached hydrogen (secondary N) is 2. The molecule has 2 heterocycles. The molecule has 3 rings (SSSR count). The van der Waals surface area contributed by atoms with Crippen molar-refractivity contribution in [3.05, 3.63) is 65.4 Å². The lowest BCUT2D eigenvalue weighted by atomic mass is 10.2. The van der Waals surface area contributed by atoms with E-state index in [-0.39, 0.29) is 11.8 Å². The Labute approximate surface area is 163 Å². The first-order chi connectivity index (χ1) is 13.4. The average Bonchev–Trinajstić information content (AvgIpc) is 3.26. The van der Waals surface area contributed by atoms with Crippen LogP contribution in [0, 0.1) is 13.8 Å². The summed E-state index contributed by atoms with van der Waals surface area (Å²) in [5, 5.41) is 5.59. The maximum absolute atomic E-state index is 12.9. The standard InChI is InChI=1S/C21H23N3O4/c1-13-10-18(14(2)24(13)12-17-6-5-9-28-17)21(26)23-20-11-16(27-4)7-8-19(20)22-15(3)25/h5-11H,12H2,1-4H3,(H,22,25)(H,23,26). The molecule has 2 N–H and O–H groups in total. The second-order valence-electron chi connectivity index (χ2n) is 6.50. The zero-order valence-corrected chi connectivity index (χ0v) is 16.3. The van der Waals surface area contributed by atoms with Gasteiger partial charge in [-0.2, -0.15) is 0 Å². The first-order valence-electron chi connectivity index (χ1n) is 8.85. The Morgan fingerprint density at radius 3 is 2.54 bits per heavy atom. The van der Waals surface area contributed by atoms with E-state index in [1.165, 1.54) is 6.92 Å². The number of furan rings is 1. The molecule has 0 radical (unpaired) electrons. The summed E-state index contributed by atoms with van der Waals surface area (Å²) >= 11 is 0. The zero-order valence-electron chi connectivity index (χ0n) is 16.3. The van der Waals surface area contributed by atoms with Crippen molar-refractivity contribution < 1.29 is 18.7 Å². The molecule has 1 aromatic carbocycles. The second kappa shape index (κ2) is 8.04. The number of carbonyl (C=O) groups excluding carboxylic acids is 2. The number of aryl methyl sites for hydroxylation is 1. The number of ether oxygens (including phenoxy) is 1. The van der Waals surface area contributed by atoms with Gasteiger partial charge in [0.05, 0.1) is 36.9 Å². The van der Waals surface area contributed by atoms with Crippen LogP contribution in [0.4, 0.5) is 11.4 Å². The number of nitrogens with zero attached hydrogens (tertiary/aromatic N) is 1. The van der Waals surface area contributed by atoms with Gasteiger partial charge in [-0.3, -0.25) is 9.59 Å². The van der Waals surface area contributed by atoms with Gasteiger partial charge in [-0.1, -0.05) is 0 Å². The van der Waals surface area contributed by atoms with E-state index in [0.717, 1.165) is 17.1 Å². The minimum atomic E-state index is -0.265. The quantitative estimate of drug-likeness (QED) is 0.677. The Morgan fingerprint density at radius 1 is 1.11 bits per heavy atom. The molecule has 146 valence electrons. The Hall–Kier alpha value is -3.48. The van der Waals surface area contributed by atoms with E-state index < -0.39 is 0 Å². The number of amides is 2. The Kier molecular flexibility index (Phi) is 5.54. The van der Waals surface area contributed by atoms with Gasteiger partial charge < -0.3 is 24.4 Å². The van der Waals surface area contributed by atoms with Crippen molar-refractivity contribution in [2.45, 2.75) is 27.3 Å². The van der Waals surface area contributed by atoms with Crippen LogP contribution in [0.5, 0.6) is 5.75 Å². The Morgan fingerprint density at radius 2 is 1.89 bits per heavy atom. The topological polar surface area (TPSA) is 85.5 Å². The number of hydrogen-bond donors (Lipinski definition) is 2. The van der Waals surface area contributed by atoms with E-state index in [4.69, 9.17) is 9.15 Å². The zero-order chi connectivity index (χ0) is 20.3. The van der Waals surface area contributed by atoms with Gasteiger partial charge in [0.25, 0.3) is 5.91 Å². The van der Waals surface area contributed by atoms with E-state index >= 15 is 0 Å². The fraction of sp³-hybridized carbons (Fsp3) is 0.238. The predicted molar refractivity (Wildman–Crippen MR) is 107 cm³/mol. The predicted octanol–water partition coefficient (Wildman–Crippen LogP) is 3.97.